The normalized spacial score (nSPS) is 24.5. The average Bonchev–Trinajstić information content (AvgIpc) is 3.02. The van der Waals surface area contributed by atoms with Crippen LogP contribution in [0.2, 0.25) is 0 Å². The fourth-order valence-corrected chi connectivity index (χ4v) is 5.23. The van der Waals surface area contributed by atoms with Crippen LogP contribution >= 0.6 is 0 Å². The van der Waals surface area contributed by atoms with E-state index in [4.69, 9.17) is 10.5 Å². The summed E-state index contributed by atoms with van der Waals surface area (Å²) in [4.78, 5) is 0. The molecule has 2 aliphatic heterocycles. The van der Waals surface area contributed by atoms with Crippen molar-refractivity contribution in [2.75, 3.05) is 18.1 Å². The molecule has 4 nitrogen and oxygen atoms in total. The molecule has 1 aromatic rings. The molecule has 0 amide bonds. The van der Waals surface area contributed by atoms with Gasteiger partial charge in [-0.3, -0.25) is 0 Å². The van der Waals surface area contributed by atoms with Crippen molar-refractivity contribution < 1.29 is 13.2 Å². The van der Waals surface area contributed by atoms with Gasteiger partial charge in [-0.1, -0.05) is 12.1 Å². The smallest absolute Gasteiger partial charge is 0.150 e. The number of fused-ring (bicyclic) bond motifs is 1. The van der Waals surface area contributed by atoms with Crippen LogP contribution in [0.1, 0.15) is 30.4 Å². The van der Waals surface area contributed by atoms with E-state index in [-0.39, 0.29) is 12.0 Å². The van der Waals surface area contributed by atoms with Crippen molar-refractivity contribution in [2.45, 2.75) is 38.1 Å². The molecule has 0 aliphatic carbocycles. The second-order valence-electron chi connectivity index (χ2n) is 6.34. The monoisotopic (exact) mass is 309 g/mol. The Labute approximate surface area is 126 Å². The predicted octanol–water partition coefficient (Wildman–Crippen LogP) is 1.71. The van der Waals surface area contributed by atoms with E-state index in [0.717, 1.165) is 44.5 Å². The maximum atomic E-state index is 11.5. The van der Waals surface area contributed by atoms with Crippen LogP contribution in [0, 0.1) is 5.92 Å². The average molecular weight is 309 g/mol. The Morgan fingerprint density at radius 1 is 1.38 bits per heavy atom. The number of ether oxygens (including phenoxy) is 1. The van der Waals surface area contributed by atoms with Gasteiger partial charge in [0.2, 0.25) is 0 Å². The molecular formula is C16H23NO3S. The van der Waals surface area contributed by atoms with E-state index >= 15 is 0 Å². The number of aryl methyl sites for hydroxylation is 1. The molecule has 116 valence electrons. The minimum atomic E-state index is -2.78. The van der Waals surface area contributed by atoms with Gasteiger partial charge in [0.05, 0.1) is 18.1 Å². The van der Waals surface area contributed by atoms with Crippen LogP contribution in [0.25, 0.3) is 0 Å². The quantitative estimate of drug-likeness (QED) is 0.899. The van der Waals surface area contributed by atoms with Crippen LogP contribution in [0.15, 0.2) is 18.2 Å². The highest BCUT2D eigenvalue weighted by atomic mass is 32.2. The first kappa shape index (κ1) is 14.9. The lowest BCUT2D eigenvalue weighted by molar-refractivity contribution is 0.357. The molecule has 1 aromatic carbocycles. The summed E-state index contributed by atoms with van der Waals surface area (Å²) >= 11 is 0. The van der Waals surface area contributed by atoms with E-state index in [2.05, 4.69) is 12.1 Å². The molecule has 0 spiro atoms. The molecule has 3 rings (SSSR count). The zero-order chi connectivity index (χ0) is 14.9. The summed E-state index contributed by atoms with van der Waals surface area (Å²) in [5, 5.41) is 0. The summed E-state index contributed by atoms with van der Waals surface area (Å²) in [5.41, 5.74) is 8.78. The van der Waals surface area contributed by atoms with Gasteiger partial charge >= 0.3 is 0 Å². The molecule has 2 heterocycles. The molecule has 2 unspecified atom stereocenters. The van der Waals surface area contributed by atoms with Crippen LogP contribution < -0.4 is 10.5 Å². The highest BCUT2D eigenvalue weighted by Gasteiger charge is 2.28. The summed E-state index contributed by atoms with van der Waals surface area (Å²) in [6.45, 7) is 0.786. The van der Waals surface area contributed by atoms with E-state index in [1.165, 1.54) is 11.1 Å². The van der Waals surface area contributed by atoms with Crippen molar-refractivity contribution in [3.63, 3.8) is 0 Å². The van der Waals surface area contributed by atoms with E-state index in [1.54, 1.807) is 0 Å². The lowest BCUT2D eigenvalue weighted by atomic mass is 9.95. The van der Waals surface area contributed by atoms with Gasteiger partial charge in [0.25, 0.3) is 0 Å². The predicted molar refractivity (Wildman–Crippen MR) is 83.3 cm³/mol. The van der Waals surface area contributed by atoms with Gasteiger partial charge in [-0.25, -0.2) is 8.42 Å². The van der Waals surface area contributed by atoms with Gasteiger partial charge < -0.3 is 10.5 Å². The molecule has 0 aromatic heterocycles. The van der Waals surface area contributed by atoms with Gasteiger partial charge in [0.1, 0.15) is 5.75 Å². The number of hydrogen-bond acceptors (Lipinski definition) is 4. The molecule has 2 N–H and O–H groups in total. The van der Waals surface area contributed by atoms with Crippen LogP contribution in [0.4, 0.5) is 0 Å². The van der Waals surface area contributed by atoms with Crippen molar-refractivity contribution in [3.05, 3.63) is 29.3 Å². The molecule has 2 aliphatic rings. The molecule has 0 radical (unpaired) electrons. The van der Waals surface area contributed by atoms with Gasteiger partial charge in [0.15, 0.2) is 9.84 Å². The number of sulfone groups is 1. The Morgan fingerprint density at radius 2 is 2.24 bits per heavy atom. The highest BCUT2D eigenvalue weighted by Crippen LogP contribution is 2.27. The topological polar surface area (TPSA) is 69.4 Å². The second-order valence-corrected chi connectivity index (χ2v) is 8.57. The summed E-state index contributed by atoms with van der Waals surface area (Å²) < 4.78 is 28.4. The second kappa shape index (κ2) is 5.97. The summed E-state index contributed by atoms with van der Waals surface area (Å²) in [7, 11) is -2.78. The van der Waals surface area contributed by atoms with Gasteiger partial charge in [-0.2, -0.15) is 0 Å². The molecule has 1 fully saturated rings. The number of rotatable bonds is 5. The van der Waals surface area contributed by atoms with Gasteiger partial charge in [-0.05, 0) is 48.8 Å². The number of hydrogen-bond donors (Lipinski definition) is 1. The maximum absolute atomic E-state index is 11.5. The number of nitrogens with two attached hydrogens (primary N) is 1. The van der Waals surface area contributed by atoms with E-state index in [9.17, 15) is 8.42 Å². The van der Waals surface area contributed by atoms with E-state index in [0.29, 0.717) is 11.5 Å². The number of benzene rings is 1. The third-order valence-electron chi connectivity index (χ3n) is 4.52. The first-order valence-corrected chi connectivity index (χ1v) is 9.54. The lowest BCUT2D eigenvalue weighted by Gasteiger charge is -2.15. The van der Waals surface area contributed by atoms with Gasteiger partial charge in [-0.15, -0.1) is 0 Å². The Hall–Kier alpha value is -1.07. The Kier molecular flexibility index (Phi) is 4.22. The largest absolute Gasteiger partial charge is 0.493 e. The zero-order valence-electron chi connectivity index (χ0n) is 12.3. The minimum Gasteiger partial charge on any atom is -0.493 e. The summed E-state index contributed by atoms with van der Waals surface area (Å²) in [6, 6.07) is 6.46. The van der Waals surface area contributed by atoms with Crippen molar-refractivity contribution >= 4 is 9.84 Å². The Balaban J connectivity index is 1.49. The SMILES string of the molecule is NC(CCc1ccc2c(c1)CCO2)CC1CCS(=O)(=O)C1. The summed E-state index contributed by atoms with van der Waals surface area (Å²) in [6.07, 6.45) is 4.47. The molecule has 0 bridgehead atoms. The van der Waals surface area contributed by atoms with Crippen molar-refractivity contribution in [2.24, 2.45) is 11.7 Å². The van der Waals surface area contributed by atoms with Crippen LogP contribution in [0.3, 0.4) is 0 Å². The highest BCUT2D eigenvalue weighted by molar-refractivity contribution is 7.91. The summed E-state index contributed by atoms with van der Waals surface area (Å²) in [5.74, 6) is 1.95. The fraction of sp³-hybridized carbons (Fsp3) is 0.625. The van der Waals surface area contributed by atoms with Crippen molar-refractivity contribution in [1.29, 1.82) is 0 Å². The molecule has 0 saturated carbocycles. The van der Waals surface area contributed by atoms with Crippen LogP contribution in [-0.4, -0.2) is 32.6 Å². The Morgan fingerprint density at radius 3 is 3.00 bits per heavy atom. The van der Waals surface area contributed by atoms with E-state index in [1.807, 2.05) is 6.07 Å². The fourth-order valence-electron chi connectivity index (χ4n) is 3.35. The molecule has 1 saturated heterocycles. The molecule has 2 atom stereocenters. The standard InChI is InChI=1S/C16H23NO3S/c17-15(10-13-6-8-21(18,19)11-13)3-1-12-2-4-16-14(9-12)5-7-20-16/h2,4,9,13,15H,1,3,5-8,10-11,17H2. The third-order valence-corrected chi connectivity index (χ3v) is 6.36. The third kappa shape index (κ3) is 3.77. The first-order chi connectivity index (χ1) is 10.0. The minimum absolute atomic E-state index is 0.0906. The van der Waals surface area contributed by atoms with Crippen molar-refractivity contribution in [3.8, 4) is 5.75 Å². The van der Waals surface area contributed by atoms with Crippen LogP contribution in [-0.2, 0) is 22.7 Å². The molecule has 5 heteroatoms. The van der Waals surface area contributed by atoms with E-state index < -0.39 is 9.84 Å². The van der Waals surface area contributed by atoms with Gasteiger partial charge in [0, 0.05) is 12.5 Å². The molecular weight excluding hydrogens is 286 g/mol. The van der Waals surface area contributed by atoms with Crippen molar-refractivity contribution in [1.82, 2.24) is 0 Å². The lowest BCUT2D eigenvalue weighted by Crippen LogP contribution is -2.24. The zero-order valence-corrected chi connectivity index (χ0v) is 13.1. The van der Waals surface area contributed by atoms with Crippen LogP contribution in [0.5, 0.6) is 5.75 Å². The molecule has 21 heavy (non-hydrogen) atoms. The maximum Gasteiger partial charge on any atom is 0.150 e. The first-order valence-electron chi connectivity index (χ1n) is 7.72. The Bertz CT molecular complexity index is 612.